The van der Waals surface area contributed by atoms with Crippen LogP contribution in [0.1, 0.15) is 12.8 Å². The van der Waals surface area contributed by atoms with Crippen molar-refractivity contribution in [3.8, 4) is 0 Å². The highest BCUT2D eigenvalue weighted by Gasteiger charge is 2.52. The molecule has 3 rings (SSSR count). The van der Waals surface area contributed by atoms with Crippen molar-refractivity contribution in [2.24, 2.45) is 21.7 Å². The number of aliphatic imine (C=N–C) groups is 2. The summed E-state index contributed by atoms with van der Waals surface area (Å²) in [4.78, 5) is 8.35. The van der Waals surface area contributed by atoms with Crippen LogP contribution in [0.4, 0.5) is 8.78 Å². The lowest BCUT2D eigenvalue weighted by atomic mass is 9.78. The van der Waals surface area contributed by atoms with Crippen molar-refractivity contribution in [3.05, 3.63) is 23.8 Å². The van der Waals surface area contributed by atoms with Gasteiger partial charge in [-0.2, -0.15) is 10.8 Å². The number of fused-ring (bicyclic) bond motifs is 1. The number of amidine groups is 1. The van der Waals surface area contributed by atoms with Crippen LogP contribution >= 0.6 is 22.6 Å². The van der Waals surface area contributed by atoms with Gasteiger partial charge in [-0.3, -0.25) is 4.99 Å². The lowest BCUT2D eigenvalue weighted by molar-refractivity contribution is -0.745. The molecule has 4 nitrogen and oxygen atoms in total. The molecule has 0 amide bonds. The van der Waals surface area contributed by atoms with Gasteiger partial charge in [0.25, 0.3) is 3.84 Å². The van der Waals surface area contributed by atoms with Gasteiger partial charge in [-0.15, -0.1) is 4.59 Å². The number of nitrogens with two attached hydrogens (primary N) is 1. The van der Waals surface area contributed by atoms with E-state index >= 15 is 0 Å². The number of alkyl halides is 2. The highest BCUT2D eigenvalue weighted by molar-refractivity contribution is 14.1. The fourth-order valence-corrected chi connectivity index (χ4v) is 2.92. The van der Waals surface area contributed by atoms with Gasteiger partial charge >= 0.3 is 0 Å². The van der Waals surface area contributed by atoms with Gasteiger partial charge in [-0.25, -0.2) is 8.78 Å². The predicted octanol–water partition coefficient (Wildman–Crippen LogP) is 2.29. The predicted molar refractivity (Wildman–Crippen MR) is 68.2 cm³/mol. The maximum Gasteiger partial charge on any atom is 0.293 e. The van der Waals surface area contributed by atoms with E-state index in [1.165, 1.54) is 0 Å². The summed E-state index contributed by atoms with van der Waals surface area (Å²) in [6, 6.07) is 0. The minimum atomic E-state index is -2.55. The molecule has 7 heteroatoms. The van der Waals surface area contributed by atoms with Crippen LogP contribution in [-0.2, 0) is 0 Å². The highest BCUT2D eigenvalue weighted by Crippen LogP contribution is 2.49. The Hall–Kier alpha value is -0.670. The van der Waals surface area contributed by atoms with Crippen LogP contribution in [0.3, 0.4) is 0 Å². The molecule has 2 aliphatic heterocycles. The van der Waals surface area contributed by atoms with Crippen LogP contribution in [0.15, 0.2) is 33.8 Å². The quantitative estimate of drug-likeness (QED) is 0.335. The molecule has 1 atom stereocenters. The molecule has 17 heavy (non-hydrogen) atoms. The SMILES string of the molecule is N[N+]12C=CN=CC1=C(C1CC(F)(F)C1)N=C2I. The zero-order chi connectivity index (χ0) is 12.3. The summed E-state index contributed by atoms with van der Waals surface area (Å²) in [5.74, 6) is 3.41. The zero-order valence-electron chi connectivity index (χ0n) is 8.78. The number of nitrogens with zero attached hydrogens (tertiary/aromatic N) is 3. The van der Waals surface area contributed by atoms with E-state index in [1.54, 1.807) is 18.6 Å². The number of hydrogen-bond donors (Lipinski definition) is 1. The van der Waals surface area contributed by atoms with Crippen LogP contribution in [0.5, 0.6) is 0 Å². The Morgan fingerprint density at radius 1 is 1.47 bits per heavy atom. The van der Waals surface area contributed by atoms with Crippen molar-refractivity contribution in [1.29, 1.82) is 0 Å². The second kappa shape index (κ2) is 3.42. The number of rotatable bonds is 1. The second-order valence-electron chi connectivity index (χ2n) is 4.47. The summed E-state index contributed by atoms with van der Waals surface area (Å²) in [6.07, 6.45) is 4.62. The highest BCUT2D eigenvalue weighted by atomic mass is 127. The van der Waals surface area contributed by atoms with Gasteiger partial charge in [-0.05, 0) is 0 Å². The minimum Gasteiger partial charge on any atom is -0.253 e. The molecule has 3 aliphatic rings. The average molecular weight is 351 g/mol. The maximum absolute atomic E-state index is 12.9. The molecular weight excluding hydrogens is 341 g/mol. The number of hydrogen-bond acceptors (Lipinski definition) is 3. The van der Waals surface area contributed by atoms with Crippen LogP contribution in [0, 0.1) is 5.92 Å². The number of quaternary nitrogens is 1. The molecule has 1 aliphatic carbocycles. The number of halogens is 3. The first kappa shape index (κ1) is 11.4. The molecule has 90 valence electrons. The van der Waals surface area contributed by atoms with Crippen molar-refractivity contribution in [1.82, 2.24) is 0 Å². The van der Waals surface area contributed by atoms with Gasteiger partial charge in [0, 0.05) is 18.8 Å². The van der Waals surface area contributed by atoms with Gasteiger partial charge in [-0.1, -0.05) is 0 Å². The van der Waals surface area contributed by atoms with E-state index in [4.69, 9.17) is 5.84 Å². The second-order valence-corrected chi connectivity index (χ2v) is 5.43. The lowest BCUT2D eigenvalue weighted by Crippen LogP contribution is -2.50. The molecule has 0 aromatic carbocycles. The summed E-state index contributed by atoms with van der Waals surface area (Å²) >= 11 is 2.04. The van der Waals surface area contributed by atoms with Gasteiger partial charge in [0.15, 0.2) is 0 Å². The summed E-state index contributed by atoms with van der Waals surface area (Å²) in [5, 5.41) is 0. The smallest absolute Gasteiger partial charge is 0.253 e. The normalized spacial score (nSPS) is 34.7. The van der Waals surface area contributed by atoms with E-state index < -0.39 is 5.92 Å². The van der Waals surface area contributed by atoms with E-state index in [1.807, 2.05) is 22.6 Å². The average Bonchev–Trinajstić information content (AvgIpc) is 2.48. The Kier molecular flexibility index (Phi) is 2.30. The minimum absolute atomic E-state index is 0.0402. The molecule has 1 saturated carbocycles. The molecule has 0 radical (unpaired) electrons. The Morgan fingerprint density at radius 3 is 2.82 bits per heavy atom. The molecule has 0 bridgehead atoms. The molecule has 0 aromatic rings. The standard InChI is InChI=1S/C10H10F2IN4/c11-10(12)3-6(4-10)8-7-5-15-1-2-17(7,14)9(13)16-8/h1-2,5-6H,3-4,14H2/q+1. The summed E-state index contributed by atoms with van der Waals surface area (Å²) < 4.78 is 26.4. The van der Waals surface area contributed by atoms with E-state index in [0.29, 0.717) is 15.2 Å². The maximum atomic E-state index is 12.9. The third-order valence-electron chi connectivity index (χ3n) is 3.24. The van der Waals surface area contributed by atoms with Crippen molar-refractivity contribution in [2.45, 2.75) is 18.8 Å². The first-order chi connectivity index (χ1) is 7.92. The fraction of sp³-hybridized carbons (Fsp3) is 0.400. The monoisotopic (exact) mass is 351 g/mol. The molecule has 0 spiro atoms. The molecule has 1 unspecified atom stereocenters. The summed E-state index contributed by atoms with van der Waals surface area (Å²) in [5.41, 5.74) is 1.37. The molecular formula is C10H10F2IN4+. The van der Waals surface area contributed by atoms with Crippen molar-refractivity contribution >= 4 is 32.6 Å². The summed E-state index contributed by atoms with van der Waals surface area (Å²) in [7, 11) is 0. The largest absolute Gasteiger partial charge is 0.293 e. The lowest BCUT2D eigenvalue weighted by Gasteiger charge is -2.34. The molecule has 0 saturated heterocycles. The van der Waals surface area contributed by atoms with E-state index in [-0.39, 0.29) is 23.4 Å². The first-order valence-corrected chi connectivity index (χ1v) is 6.26. The van der Waals surface area contributed by atoms with Gasteiger partial charge in [0.05, 0.1) is 35.0 Å². The van der Waals surface area contributed by atoms with Crippen LogP contribution in [0.2, 0.25) is 0 Å². The Bertz CT molecular complexity index is 500. The van der Waals surface area contributed by atoms with Crippen LogP contribution in [-0.4, -0.2) is 20.6 Å². The van der Waals surface area contributed by atoms with E-state index in [9.17, 15) is 8.78 Å². The third kappa shape index (κ3) is 1.59. The first-order valence-electron chi connectivity index (χ1n) is 5.18. The van der Waals surface area contributed by atoms with E-state index in [0.717, 1.165) is 0 Å². The molecule has 2 N–H and O–H groups in total. The zero-order valence-corrected chi connectivity index (χ0v) is 10.9. The van der Waals surface area contributed by atoms with Gasteiger partial charge in [0.1, 0.15) is 11.9 Å². The Morgan fingerprint density at radius 2 is 2.18 bits per heavy atom. The molecule has 2 heterocycles. The topological polar surface area (TPSA) is 50.7 Å². The van der Waals surface area contributed by atoms with Gasteiger partial charge < -0.3 is 0 Å². The van der Waals surface area contributed by atoms with Crippen LogP contribution < -0.4 is 5.84 Å². The Balaban J connectivity index is 1.98. The summed E-state index contributed by atoms with van der Waals surface area (Å²) in [6.45, 7) is 0. The van der Waals surface area contributed by atoms with Crippen molar-refractivity contribution < 1.29 is 13.4 Å². The third-order valence-corrected chi connectivity index (χ3v) is 4.28. The Labute approximate surface area is 110 Å². The fourth-order valence-electron chi connectivity index (χ4n) is 2.24. The van der Waals surface area contributed by atoms with Crippen LogP contribution in [0.25, 0.3) is 0 Å². The van der Waals surface area contributed by atoms with Crippen molar-refractivity contribution in [2.75, 3.05) is 0 Å². The van der Waals surface area contributed by atoms with Gasteiger partial charge in [0.2, 0.25) is 11.6 Å². The molecule has 0 aromatic heterocycles. The molecule has 1 fully saturated rings. The number of allylic oxidation sites excluding steroid dienone is 2. The van der Waals surface area contributed by atoms with E-state index in [2.05, 4.69) is 9.98 Å². The van der Waals surface area contributed by atoms with Crippen molar-refractivity contribution in [3.63, 3.8) is 0 Å².